The van der Waals surface area contributed by atoms with Gasteiger partial charge in [-0.25, -0.2) is 0 Å². The predicted octanol–water partition coefficient (Wildman–Crippen LogP) is 2.07. The van der Waals surface area contributed by atoms with Gasteiger partial charge in [0.15, 0.2) is 5.43 Å². The average molecular weight is 350 g/mol. The van der Waals surface area contributed by atoms with E-state index in [0.717, 1.165) is 51.8 Å². The van der Waals surface area contributed by atoms with Gasteiger partial charge < -0.3 is 15.2 Å². The van der Waals surface area contributed by atoms with Crippen molar-refractivity contribution in [1.82, 2.24) is 9.88 Å². The summed E-state index contributed by atoms with van der Waals surface area (Å²) in [5.41, 5.74) is 5.49. The number of fused-ring (bicyclic) bond motifs is 2. The minimum absolute atomic E-state index is 0.0737. The number of aliphatic hydroxyl groups is 2. The standard InChI is InChI=1S/C21H22N2O3/c24-12-15-6-5-14(9-16(15)13-25)10-23-8-7-20-18(11-23)21(26)17-3-1-2-4-19(17)22-20/h1-6,9,24-25H,7-8,10-13H2,(H,22,26). The quantitative estimate of drug-likeness (QED) is 0.673. The molecule has 1 aliphatic rings. The van der Waals surface area contributed by atoms with Crippen LogP contribution in [0.5, 0.6) is 0 Å². The lowest BCUT2D eigenvalue weighted by atomic mass is 10.0. The van der Waals surface area contributed by atoms with E-state index >= 15 is 0 Å². The third-order valence-corrected chi connectivity index (χ3v) is 5.17. The highest BCUT2D eigenvalue weighted by atomic mass is 16.3. The van der Waals surface area contributed by atoms with Gasteiger partial charge in [-0.15, -0.1) is 0 Å². The molecule has 2 aromatic carbocycles. The zero-order valence-corrected chi connectivity index (χ0v) is 14.5. The molecule has 134 valence electrons. The fourth-order valence-corrected chi connectivity index (χ4v) is 3.75. The predicted molar refractivity (Wildman–Crippen MR) is 101 cm³/mol. The minimum Gasteiger partial charge on any atom is -0.392 e. The number of benzene rings is 2. The van der Waals surface area contributed by atoms with Gasteiger partial charge in [-0.2, -0.15) is 0 Å². The largest absolute Gasteiger partial charge is 0.392 e. The Balaban J connectivity index is 1.61. The number of nitrogens with zero attached hydrogens (tertiary/aromatic N) is 1. The first-order chi connectivity index (χ1) is 12.7. The van der Waals surface area contributed by atoms with E-state index in [-0.39, 0.29) is 18.6 Å². The number of hydrogen-bond acceptors (Lipinski definition) is 4. The molecule has 0 bridgehead atoms. The number of aromatic nitrogens is 1. The van der Waals surface area contributed by atoms with E-state index in [9.17, 15) is 15.0 Å². The Kier molecular flexibility index (Phi) is 4.59. The zero-order chi connectivity index (χ0) is 18.1. The first kappa shape index (κ1) is 17.0. The van der Waals surface area contributed by atoms with Gasteiger partial charge in [0.2, 0.25) is 0 Å². The Morgan fingerprint density at radius 1 is 1.04 bits per heavy atom. The van der Waals surface area contributed by atoms with Gasteiger partial charge in [0.25, 0.3) is 0 Å². The topological polar surface area (TPSA) is 76.6 Å². The van der Waals surface area contributed by atoms with E-state index in [1.54, 1.807) is 0 Å². The molecule has 5 heteroatoms. The monoisotopic (exact) mass is 350 g/mol. The molecule has 0 unspecified atom stereocenters. The summed E-state index contributed by atoms with van der Waals surface area (Å²) in [5.74, 6) is 0. The lowest BCUT2D eigenvalue weighted by Crippen LogP contribution is -2.34. The third-order valence-electron chi connectivity index (χ3n) is 5.17. The van der Waals surface area contributed by atoms with E-state index < -0.39 is 0 Å². The molecule has 3 aromatic rings. The van der Waals surface area contributed by atoms with Crippen LogP contribution in [0.4, 0.5) is 0 Å². The Hall–Kier alpha value is -2.47. The number of aromatic amines is 1. The van der Waals surface area contributed by atoms with Crippen LogP contribution in [-0.2, 0) is 32.7 Å². The highest BCUT2D eigenvalue weighted by Crippen LogP contribution is 2.21. The van der Waals surface area contributed by atoms with Crippen LogP contribution in [0, 0.1) is 0 Å². The minimum atomic E-state index is -0.0851. The molecule has 2 heterocycles. The van der Waals surface area contributed by atoms with Crippen molar-refractivity contribution >= 4 is 10.9 Å². The maximum absolute atomic E-state index is 12.8. The van der Waals surface area contributed by atoms with Crippen LogP contribution in [0.3, 0.4) is 0 Å². The Labute approximate surface area is 151 Å². The fraction of sp³-hybridized carbons (Fsp3) is 0.286. The number of hydrogen-bond donors (Lipinski definition) is 3. The molecule has 26 heavy (non-hydrogen) atoms. The molecule has 0 amide bonds. The van der Waals surface area contributed by atoms with Crippen LogP contribution in [0.1, 0.15) is 27.9 Å². The van der Waals surface area contributed by atoms with Crippen molar-refractivity contribution in [3.63, 3.8) is 0 Å². The van der Waals surface area contributed by atoms with Crippen LogP contribution in [0.2, 0.25) is 0 Å². The summed E-state index contributed by atoms with van der Waals surface area (Å²) in [6.45, 7) is 2.04. The molecule has 0 radical (unpaired) electrons. The van der Waals surface area contributed by atoms with E-state index in [4.69, 9.17) is 0 Å². The normalized spacial score (nSPS) is 14.5. The van der Waals surface area contributed by atoms with Crippen LogP contribution >= 0.6 is 0 Å². The average Bonchev–Trinajstić information content (AvgIpc) is 2.68. The highest BCUT2D eigenvalue weighted by molar-refractivity contribution is 5.79. The van der Waals surface area contributed by atoms with Gasteiger partial charge in [0, 0.05) is 48.2 Å². The summed E-state index contributed by atoms with van der Waals surface area (Å²) < 4.78 is 0. The molecule has 0 atom stereocenters. The molecule has 0 saturated heterocycles. The molecule has 4 rings (SSSR count). The second kappa shape index (κ2) is 7.03. The first-order valence-electron chi connectivity index (χ1n) is 8.87. The number of rotatable bonds is 4. The maximum Gasteiger partial charge on any atom is 0.194 e. The molecule has 1 aliphatic heterocycles. The summed E-state index contributed by atoms with van der Waals surface area (Å²) >= 11 is 0. The van der Waals surface area contributed by atoms with Crippen LogP contribution in [0.15, 0.2) is 47.3 Å². The number of nitrogens with one attached hydrogen (secondary N) is 1. The summed E-state index contributed by atoms with van der Waals surface area (Å²) in [4.78, 5) is 18.5. The van der Waals surface area contributed by atoms with Gasteiger partial charge in [-0.1, -0.05) is 30.3 Å². The van der Waals surface area contributed by atoms with Gasteiger partial charge in [-0.3, -0.25) is 9.69 Å². The van der Waals surface area contributed by atoms with Crippen molar-refractivity contribution in [3.05, 3.63) is 80.6 Å². The lowest BCUT2D eigenvalue weighted by Gasteiger charge is -2.28. The summed E-state index contributed by atoms with van der Waals surface area (Å²) in [5, 5.41) is 19.5. The Morgan fingerprint density at radius 2 is 1.85 bits per heavy atom. The van der Waals surface area contributed by atoms with Crippen molar-refractivity contribution in [2.24, 2.45) is 0 Å². The van der Waals surface area contributed by atoms with E-state index in [0.29, 0.717) is 13.1 Å². The van der Waals surface area contributed by atoms with Crippen molar-refractivity contribution in [2.75, 3.05) is 6.54 Å². The molecule has 0 spiro atoms. The van der Waals surface area contributed by atoms with Crippen LogP contribution < -0.4 is 5.43 Å². The number of para-hydroxylation sites is 1. The maximum atomic E-state index is 12.8. The van der Waals surface area contributed by atoms with Crippen molar-refractivity contribution in [3.8, 4) is 0 Å². The van der Waals surface area contributed by atoms with E-state index in [2.05, 4.69) is 9.88 Å². The molecule has 3 N–H and O–H groups in total. The molecule has 0 fully saturated rings. The first-order valence-corrected chi connectivity index (χ1v) is 8.87. The fourth-order valence-electron chi connectivity index (χ4n) is 3.75. The Bertz CT molecular complexity index is 1010. The van der Waals surface area contributed by atoms with Crippen molar-refractivity contribution in [2.45, 2.75) is 32.7 Å². The number of pyridine rings is 1. The summed E-state index contributed by atoms with van der Waals surface area (Å²) in [6.07, 6.45) is 0.816. The molecule has 0 saturated carbocycles. The second-order valence-electron chi connectivity index (χ2n) is 6.84. The van der Waals surface area contributed by atoms with Crippen molar-refractivity contribution in [1.29, 1.82) is 0 Å². The summed E-state index contributed by atoms with van der Waals surface area (Å²) in [6, 6.07) is 13.4. The Morgan fingerprint density at radius 3 is 2.65 bits per heavy atom. The molecule has 5 nitrogen and oxygen atoms in total. The van der Waals surface area contributed by atoms with Crippen LogP contribution in [0.25, 0.3) is 10.9 Å². The molecule has 1 aromatic heterocycles. The van der Waals surface area contributed by atoms with Gasteiger partial charge >= 0.3 is 0 Å². The highest BCUT2D eigenvalue weighted by Gasteiger charge is 2.21. The SMILES string of the molecule is O=c1c2c([nH]c3ccccc13)CCN(Cc1ccc(CO)c(CO)c1)C2. The van der Waals surface area contributed by atoms with Gasteiger partial charge in [0.1, 0.15) is 0 Å². The van der Waals surface area contributed by atoms with E-state index in [1.165, 1.54) is 0 Å². The zero-order valence-electron chi connectivity index (χ0n) is 14.5. The lowest BCUT2D eigenvalue weighted by molar-refractivity contribution is 0.241. The van der Waals surface area contributed by atoms with Crippen LogP contribution in [-0.4, -0.2) is 26.6 Å². The van der Waals surface area contributed by atoms with Gasteiger partial charge in [-0.05, 0) is 28.8 Å². The molecule has 0 aliphatic carbocycles. The van der Waals surface area contributed by atoms with Gasteiger partial charge in [0.05, 0.1) is 13.2 Å². The number of aliphatic hydroxyl groups excluding tert-OH is 2. The smallest absolute Gasteiger partial charge is 0.194 e. The molecular formula is C21H22N2O3. The third kappa shape index (κ3) is 3.05. The molecular weight excluding hydrogens is 328 g/mol. The summed E-state index contributed by atoms with van der Waals surface area (Å²) in [7, 11) is 0. The number of H-pyrrole nitrogens is 1. The second-order valence-corrected chi connectivity index (χ2v) is 6.84. The van der Waals surface area contributed by atoms with Crippen molar-refractivity contribution < 1.29 is 10.2 Å². The van der Waals surface area contributed by atoms with E-state index in [1.807, 2.05) is 42.5 Å².